The second-order valence-corrected chi connectivity index (χ2v) is 3.22. The lowest BCUT2D eigenvalue weighted by Crippen LogP contribution is -1.79. The Labute approximate surface area is 78.9 Å². The highest BCUT2D eigenvalue weighted by atomic mass is 14.0. The van der Waals surface area contributed by atoms with Gasteiger partial charge in [0.1, 0.15) is 0 Å². The van der Waals surface area contributed by atoms with Crippen molar-refractivity contribution in [1.29, 1.82) is 0 Å². The van der Waals surface area contributed by atoms with Gasteiger partial charge in [-0.1, -0.05) is 48.6 Å². The summed E-state index contributed by atoms with van der Waals surface area (Å²) in [6, 6.07) is 8.41. The first-order valence-electron chi connectivity index (χ1n) is 4.48. The van der Waals surface area contributed by atoms with Crippen LogP contribution in [0.25, 0.3) is 6.08 Å². The minimum absolute atomic E-state index is 1.27. The molecule has 0 heteroatoms. The monoisotopic (exact) mass is 168 g/mol. The molecule has 0 bridgehead atoms. The molecule has 0 radical (unpaired) electrons. The van der Waals surface area contributed by atoms with Gasteiger partial charge in [0.15, 0.2) is 0 Å². The number of hydrogen-bond acceptors (Lipinski definition) is 0. The van der Waals surface area contributed by atoms with Crippen molar-refractivity contribution in [3.63, 3.8) is 0 Å². The third-order valence-electron chi connectivity index (χ3n) is 2.20. The summed E-state index contributed by atoms with van der Waals surface area (Å²) in [5.74, 6) is 0. The molecule has 13 heavy (non-hydrogen) atoms. The highest BCUT2D eigenvalue weighted by Gasteiger charge is 1.95. The summed E-state index contributed by atoms with van der Waals surface area (Å²) < 4.78 is 0. The van der Waals surface area contributed by atoms with Crippen LogP contribution in [0, 0.1) is 6.92 Å². The molecule has 0 saturated carbocycles. The first-order valence-corrected chi connectivity index (χ1v) is 4.48. The van der Waals surface area contributed by atoms with Crippen molar-refractivity contribution in [2.45, 2.75) is 6.92 Å². The number of benzene rings is 1. The number of allylic oxidation sites excluding steroid dienone is 5. The van der Waals surface area contributed by atoms with Gasteiger partial charge >= 0.3 is 0 Å². The second-order valence-electron chi connectivity index (χ2n) is 3.22. The molecular weight excluding hydrogens is 156 g/mol. The summed E-state index contributed by atoms with van der Waals surface area (Å²) >= 11 is 0. The molecule has 1 aromatic rings. The first-order chi connectivity index (χ1) is 6.36. The average molecular weight is 168 g/mol. The smallest absolute Gasteiger partial charge is 0.0221 e. The van der Waals surface area contributed by atoms with Gasteiger partial charge in [-0.05, 0) is 29.7 Å². The van der Waals surface area contributed by atoms with E-state index in [1.54, 1.807) is 0 Å². The van der Waals surface area contributed by atoms with Crippen molar-refractivity contribution in [2.75, 3.05) is 0 Å². The topological polar surface area (TPSA) is 0 Å². The van der Waals surface area contributed by atoms with E-state index in [0.717, 1.165) is 0 Å². The lowest BCUT2D eigenvalue weighted by molar-refractivity contribution is 1.44. The van der Waals surface area contributed by atoms with Crippen LogP contribution in [0.1, 0.15) is 11.1 Å². The number of rotatable bonds is 1. The van der Waals surface area contributed by atoms with Crippen molar-refractivity contribution in [3.05, 3.63) is 65.3 Å². The zero-order valence-electron chi connectivity index (χ0n) is 7.70. The normalized spacial score (nSPS) is 13.8. The fourth-order valence-electron chi connectivity index (χ4n) is 1.41. The van der Waals surface area contributed by atoms with Gasteiger partial charge in [-0.15, -0.1) is 0 Å². The fourth-order valence-corrected chi connectivity index (χ4v) is 1.41. The van der Waals surface area contributed by atoms with Gasteiger partial charge in [-0.25, -0.2) is 0 Å². The van der Waals surface area contributed by atoms with Gasteiger partial charge in [-0.3, -0.25) is 0 Å². The van der Waals surface area contributed by atoms with E-state index in [1.807, 2.05) is 0 Å². The Morgan fingerprint density at radius 1 is 1.00 bits per heavy atom. The third kappa shape index (κ3) is 1.78. The molecule has 1 aliphatic rings. The van der Waals surface area contributed by atoms with E-state index < -0.39 is 0 Å². The first kappa shape index (κ1) is 8.06. The van der Waals surface area contributed by atoms with Crippen LogP contribution < -0.4 is 0 Å². The van der Waals surface area contributed by atoms with Crippen LogP contribution in [0.2, 0.25) is 0 Å². The largest absolute Gasteiger partial charge is 0.0620 e. The molecule has 1 aliphatic carbocycles. The molecule has 0 N–H and O–H groups in total. The Bertz CT molecular complexity index is 378. The summed E-state index contributed by atoms with van der Waals surface area (Å²) in [7, 11) is 0. The molecule has 0 amide bonds. The standard InChI is InChI=1S/C13H12/c1-11-6-2-5-9-13(11)10-12-7-3-4-8-12/h2-10H,1H3. The quantitative estimate of drug-likeness (QED) is 0.602. The molecule has 1 aromatic carbocycles. The van der Waals surface area contributed by atoms with Gasteiger partial charge in [0, 0.05) is 0 Å². The average Bonchev–Trinajstić information content (AvgIpc) is 2.61. The van der Waals surface area contributed by atoms with Crippen LogP contribution in [-0.4, -0.2) is 0 Å². The van der Waals surface area contributed by atoms with Gasteiger partial charge in [0.05, 0.1) is 0 Å². The molecule has 0 nitrogen and oxygen atoms in total. The maximum atomic E-state index is 2.20. The molecule has 0 heterocycles. The SMILES string of the molecule is Cc1ccccc1C=C1C=CC=C1. The summed E-state index contributed by atoms with van der Waals surface area (Å²) in [6.07, 6.45) is 10.6. The summed E-state index contributed by atoms with van der Waals surface area (Å²) in [6.45, 7) is 2.13. The van der Waals surface area contributed by atoms with Gasteiger partial charge in [-0.2, -0.15) is 0 Å². The molecule has 0 aliphatic heterocycles. The fraction of sp³-hybridized carbons (Fsp3) is 0.0769. The summed E-state index contributed by atoms with van der Waals surface area (Å²) in [4.78, 5) is 0. The van der Waals surface area contributed by atoms with E-state index in [0.29, 0.717) is 0 Å². The molecule has 0 atom stereocenters. The number of aryl methyl sites for hydroxylation is 1. The molecule has 64 valence electrons. The molecule has 0 unspecified atom stereocenters. The summed E-state index contributed by atoms with van der Waals surface area (Å²) in [5, 5.41) is 0. The van der Waals surface area contributed by atoms with Crippen molar-refractivity contribution >= 4 is 6.08 Å². The van der Waals surface area contributed by atoms with Gasteiger partial charge in [0.25, 0.3) is 0 Å². The van der Waals surface area contributed by atoms with E-state index in [4.69, 9.17) is 0 Å². The van der Waals surface area contributed by atoms with Crippen LogP contribution in [0.5, 0.6) is 0 Å². The zero-order valence-corrected chi connectivity index (χ0v) is 7.70. The second kappa shape index (κ2) is 3.44. The Hall–Kier alpha value is -1.56. The number of hydrogen-bond donors (Lipinski definition) is 0. The van der Waals surface area contributed by atoms with Crippen LogP contribution in [-0.2, 0) is 0 Å². The molecule has 2 rings (SSSR count). The Morgan fingerprint density at radius 3 is 2.38 bits per heavy atom. The molecule has 0 aromatic heterocycles. The minimum atomic E-state index is 1.27. The highest BCUT2D eigenvalue weighted by molar-refractivity contribution is 5.63. The maximum absolute atomic E-state index is 2.20. The van der Waals surface area contributed by atoms with Crippen molar-refractivity contribution in [3.8, 4) is 0 Å². The third-order valence-corrected chi connectivity index (χ3v) is 2.20. The molecular formula is C13H12. The summed E-state index contributed by atoms with van der Waals surface area (Å²) in [5.41, 5.74) is 3.90. The van der Waals surface area contributed by atoms with E-state index in [2.05, 4.69) is 61.6 Å². The highest BCUT2D eigenvalue weighted by Crippen LogP contribution is 2.15. The van der Waals surface area contributed by atoms with Crippen LogP contribution in [0.15, 0.2) is 54.1 Å². The maximum Gasteiger partial charge on any atom is -0.0221 e. The van der Waals surface area contributed by atoms with Crippen molar-refractivity contribution in [1.82, 2.24) is 0 Å². The van der Waals surface area contributed by atoms with Crippen LogP contribution in [0.3, 0.4) is 0 Å². The Kier molecular flexibility index (Phi) is 2.13. The van der Waals surface area contributed by atoms with Crippen molar-refractivity contribution in [2.24, 2.45) is 0 Å². The predicted molar refractivity (Wildman–Crippen MR) is 57.4 cm³/mol. The Morgan fingerprint density at radius 2 is 1.69 bits per heavy atom. The van der Waals surface area contributed by atoms with Crippen molar-refractivity contribution < 1.29 is 0 Å². The van der Waals surface area contributed by atoms with E-state index >= 15 is 0 Å². The lowest BCUT2D eigenvalue weighted by Gasteiger charge is -1.99. The van der Waals surface area contributed by atoms with Crippen LogP contribution in [0.4, 0.5) is 0 Å². The molecule has 0 fully saturated rings. The van der Waals surface area contributed by atoms with E-state index in [-0.39, 0.29) is 0 Å². The lowest BCUT2D eigenvalue weighted by atomic mass is 10.1. The zero-order chi connectivity index (χ0) is 9.10. The van der Waals surface area contributed by atoms with Gasteiger partial charge < -0.3 is 0 Å². The molecule has 0 spiro atoms. The van der Waals surface area contributed by atoms with Gasteiger partial charge in [0.2, 0.25) is 0 Å². The van der Waals surface area contributed by atoms with Crippen LogP contribution >= 0.6 is 0 Å². The predicted octanol–water partition coefficient (Wildman–Crippen LogP) is 3.50. The van der Waals surface area contributed by atoms with E-state index in [1.165, 1.54) is 16.7 Å². The molecule has 0 saturated heterocycles. The Balaban J connectivity index is 2.37. The van der Waals surface area contributed by atoms with E-state index in [9.17, 15) is 0 Å². The minimum Gasteiger partial charge on any atom is -0.0620 e.